The van der Waals surface area contributed by atoms with Crippen molar-refractivity contribution in [1.29, 1.82) is 0 Å². The number of carbonyl (C=O) groups excluding carboxylic acids is 1. The first-order chi connectivity index (χ1) is 11.7. The van der Waals surface area contributed by atoms with Gasteiger partial charge >= 0.3 is 0 Å². The van der Waals surface area contributed by atoms with E-state index < -0.39 is 0 Å². The fourth-order valence-corrected chi connectivity index (χ4v) is 3.05. The number of nitrogens with one attached hydrogen (secondary N) is 2. The molecule has 24 heavy (non-hydrogen) atoms. The van der Waals surface area contributed by atoms with Crippen LogP contribution in [0.25, 0.3) is 0 Å². The van der Waals surface area contributed by atoms with Crippen LogP contribution < -0.4 is 10.9 Å². The van der Waals surface area contributed by atoms with E-state index in [1.165, 1.54) is 16.9 Å². The van der Waals surface area contributed by atoms with Crippen LogP contribution in [-0.4, -0.2) is 56.5 Å². The Balaban J connectivity index is 1.54. The van der Waals surface area contributed by atoms with Gasteiger partial charge in [-0.25, -0.2) is 4.68 Å². The molecule has 2 N–H and O–H groups in total. The summed E-state index contributed by atoms with van der Waals surface area (Å²) in [6.45, 7) is 2.89. The third-order valence-electron chi connectivity index (χ3n) is 4.39. The number of rotatable bonds is 6. The predicted octanol–water partition coefficient (Wildman–Crippen LogP) is 0.251. The van der Waals surface area contributed by atoms with Crippen molar-refractivity contribution in [2.45, 2.75) is 31.8 Å². The third-order valence-corrected chi connectivity index (χ3v) is 4.39. The Morgan fingerprint density at radius 2 is 2.29 bits per heavy atom. The van der Waals surface area contributed by atoms with Gasteiger partial charge in [0.05, 0.1) is 18.3 Å². The van der Waals surface area contributed by atoms with E-state index in [0.29, 0.717) is 18.7 Å². The van der Waals surface area contributed by atoms with Crippen molar-refractivity contribution in [1.82, 2.24) is 30.2 Å². The highest BCUT2D eigenvalue weighted by Gasteiger charge is 2.23. The lowest BCUT2D eigenvalue weighted by Gasteiger charge is -2.35. The lowest BCUT2D eigenvalue weighted by Crippen LogP contribution is -2.48. The number of carbonyl (C=O) groups is 1. The summed E-state index contributed by atoms with van der Waals surface area (Å²) in [7, 11) is 0. The minimum atomic E-state index is -0.116. The molecule has 2 aromatic heterocycles. The molecule has 3 rings (SSSR count). The molecule has 1 fully saturated rings. The molecule has 2 aromatic rings. The zero-order valence-corrected chi connectivity index (χ0v) is 13.5. The number of hydrogen-bond acceptors (Lipinski definition) is 5. The highest BCUT2D eigenvalue weighted by atomic mass is 16.1. The minimum absolute atomic E-state index is 0.0840. The lowest BCUT2D eigenvalue weighted by molar-refractivity contribution is 0.0909. The van der Waals surface area contributed by atoms with Crippen LogP contribution in [0.4, 0.5) is 0 Å². The average molecular weight is 330 g/mol. The first-order valence-electron chi connectivity index (χ1n) is 8.27. The summed E-state index contributed by atoms with van der Waals surface area (Å²) in [6, 6.07) is 3.45. The molecule has 1 atom stereocenters. The molecule has 0 aliphatic carbocycles. The number of piperidine rings is 1. The first-order valence-corrected chi connectivity index (χ1v) is 8.27. The summed E-state index contributed by atoms with van der Waals surface area (Å²) in [4.78, 5) is 26.1. The molecule has 8 nitrogen and oxygen atoms in total. The van der Waals surface area contributed by atoms with Gasteiger partial charge in [0.1, 0.15) is 0 Å². The van der Waals surface area contributed by atoms with Gasteiger partial charge in [0.2, 0.25) is 0 Å². The fourth-order valence-electron chi connectivity index (χ4n) is 3.05. The largest absolute Gasteiger partial charge is 0.350 e. The number of likely N-dealkylation sites (tertiary alicyclic amines) is 1. The van der Waals surface area contributed by atoms with E-state index in [2.05, 4.69) is 25.5 Å². The second kappa shape index (κ2) is 7.87. The number of amides is 1. The van der Waals surface area contributed by atoms with E-state index in [-0.39, 0.29) is 17.5 Å². The summed E-state index contributed by atoms with van der Waals surface area (Å²) in [5.41, 5.74) is 0.455. The molecule has 0 aromatic carbocycles. The van der Waals surface area contributed by atoms with Gasteiger partial charge in [0.15, 0.2) is 0 Å². The van der Waals surface area contributed by atoms with Crippen molar-refractivity contribution in [2.75, 3.05) is 19.6 Å². The number of aromatic nitrogens is 4. The Kier molecular flexibility index (Phi) is 5.37. The molecule has 0 spiro atoms. The maximum atomic E-state index is 12.0. The quantitative estimate of drug-likeness (QED) is 0.791. The van der Waals surface area contributed by atoms with Crippen LogP contribution in [0.5, 0.6) is 0 Å². The molecule has 0 bridgehead atoms. The standard InChI is InChI=1S/C16H22N6O2/c23-15-5-3-6-20-22(15)9-8-21-7-2-1-4-14(21)12-17-16(24)13-10-18-19-11-13/h3,5-6,10-11,14H,1-2,4,7-9,12H2,(H,17,24)(H,18,19). The van der Waals surface area contributed by atoms with Crippen LogP contribution in [0.2, 0.25) is 0 Å². The molecule has 1 aliphatic heterocycles. The lowest BCUT2D eigenvalue weighted by atomic mass is 10.0. The first kappa shape index (κ1) is 16.4. The van der Waals surface area contributed by atoms with Gasteiger partial charge in [-0.3, -0.25) is 19.6 Å². The number of hydrogen-bond donors (Lipinski definition) is 2. The Morgan fingerprint density at radius 3 is 3.08 bits per heavy atom. The highest BCUT2D eigenvalue weighted by Crippen LogP contribution is 2.16. The molecular weight excluding hydrogens is 308 g/mol. The van der Waals surface area contributed by atoms with E-state index in [1.54, 1.807) is 18.5 Å². The molecule has 1 amide bonds. The number of H-pyrrole nitrogens is 1. The SMILES string of the molecule is O=C(NCC1CCCCN1CCn1ncccc1=O)c1cn[nH]c1. The van der Waals surface area contributed by atoms with Gasteiger partial charge in [0.25, 0.3) is 11.5 Å². The van der Waals surface area contributed by atoms with Crippen molar-refractivity contribution in [2.24, 2.45) is 0 Å². The molecule has 128 valence electrons. The second-order valence-corrected chi connectivity index (χ2v) is 5.97. The van der Waals surface area contributed by atoms with E-state index in [1.807, 2.05) is 0 Å². The maximum Gasteiger partial charge on any atom is 0.266 e. The number of nitrogens with zero attached hydrogens (tertiary/aromatic N) is 4. The molecule has 3 heterocycles. The zero-order chi connectivity index (χ0) is 16.8. The van der Waals surface area contributed by atoms with Gasteiger partial charge < -0.3 is 5.32 Å². The second-order valence-electron chi connectivity index (χ2n) is 5.97. The van der Waals surface area contributed by atoms with Crippen molar-refractivity contribution in [3.05, 3.63) is 46.6 Å². The summed E-state index contributed by atoms with van der Waals surface area (Å²) < 4.78 is 1.48. The normalized spacial score (nSPS) is 18.4. The van der Waals surface area contributed by atoms with Gasteiger partial charge in [-0.2, -0.15) is 10.2 Å². The highest BCUT2D eigenvalue weighted by molar-refractivity contribution is 5.93. The Hall–Kier alpha value is -2.48. The smallest absolute Gasteiger partial charge is 0.266 e. The fraction of sp³-hybridized carbons (Fsp3) is 0.500. The Bertz CT molecular complexity index is 711. The van der Waals surface area contributed by atoms with E-state index in [0.717, 1.165) is 32.4 Å². The van der Waals surface area contributed by atoms with E-state index >= 15 is 0 Å². The van der Waals surface area contributed by atoms with Crippen molar-refractivity contribution in [3.8, 4) is 0 Å². The van der Waals surface area contributed by atoms with Crippen molar-refractivity contribution < 1.29 is 4.79 Å². The monoisotopic (exact) mass is 330 g/mol. The van der Waals surface area contributed by atoms with Gasteiger partial charge in [-0.1, -0.05) is 6.42 Å². The third kappa shape index (κ3) is 4.08. The zero-order valence-electron chi connectivity index (χ0n) is 13.5. The summed E-state index contributed by atoms with van der Waals surface area (Å²) >= 11 is 0. The van der Waals surface area contributed by atoms with Crippen LogP contribution in [0.15, 0.2) is 35.5 Å². The molecule has 1 aliphatic rings. The minimum Gasteiger partial charge on any atom is -0.350 e. The molecule has 8 heteroatoms. The van der Waals surface area contributed by atoms with Crippen LogP contribution in [0.3, 0.4) is 0 Å². The topological polar surface area (TPSA) is 95.9 Å². The van der Waals surface area contributed by atoms with Crippen molar-refractivity contribution >= 4 is 5.91 Å². The van der Waals surface area contributed by atoms with E-state index in [9.17, 15) is 9.59 Å². The molecule has 1 unspecified atom stereocenters. The molecule has 1 saturated heterocycles. The Morgan fingerprint density at radius 1 is 1.38 bits per heavy atom. The average Bonchev–Trinajstić information content (AvgIpc) is 3.14. The summed E-state index contributed by atoms with van der Waals surface area (Å²) in [5.74, 6) is -0.116. The number of aromatic amines is 1. The molecular formula is C16H22N6O2. The predicted molar refractivity (Wildman–Crippen MR) is 88.6 cm³/mol. The van der Waals surface area contributed by atoms with Gasteiger partial charge in [-0.05, 0) is 25.5 Å². The van der Waals surface area contributed by atoms with Crippen LogP contribution in [0, 0.1) is 0 Å². The molecule has 0 saturated carbocycles. The van der Waals surface area contributed by atoms with Gasteiger partial charge in [0, 0.05) is 37.6 Å². The summed E-state index contributed by atoms with van der Waals surface area (Å²) in [5, 5.41) is 13.5. The maximum absolute atomic E-state index is 12.0. The van der Waals surface area contributed by atoms with Crippen LogP contribution in [0.1, 0.15) is 29.6 Å². The van der Waals surface area contributed by atoms with Crippen molar-refractivity contribution in [3.63, 3.8) is 0 Å². The van der Waals surface area contributed by atoms with Gasteiger partial charge in [-0.15, -0.1) is 0 Å². The van der Waals surface area contributed by atoms with Crippen LogP contribution in [-0.2, 0) is 6.54 Å². The summed E-state index contributed by atoms with van der Waals surface area (Å²) in [6.07, 6.45) is 8.07. The molecule has 0 radical (unpaired) electrons. The van der Waals surface area contributed by atoms with Crippen LogP contribution >= 0.6 is 0 Å². The van der Waals surface area contributed by atoms with E-state index in [4.69, 9.17) is 0 Å². The Labute approximate surface area is 139 Å².